The molecule has 1 heterocycles. The molecule has 0 atom stereocenters. The number of urea groups is 1. The number of anilines is 1. The van der Waals surface area contributed by atoms with Crippen molar-refractivity contribution in [3.8, 4) is 5.69 Å². The van der Waals surface area contributed by atoms with E-state index in [9.17, 15) is 14.9 Å². The summed E-state index contributed by atoms with van der Waals surface area (Å²) in [6.07, 6.45) is 0. The number of hydrogen-bond acceptors (Lipinski definition) is 6. The average Bonchev–Trinajstić information content (AvgIpc) is 3.25. The number of benzene rings is 3. The minimum absolute atomic E-state index is 0.0171. The van der Waals surface area contributed by atoms with Gasteiger partial charge in [0.2, 0.25) is 0 Å². The molecule has 2 amide bonds. The van der Waals surface area contributed by atoms with Gasteiger partial charge in [-0.3, -0.25) is 14.7 Å². The average molecular weight is 509 g/mol. The Morgan fingerprint density at radius 1 is 1.09 bits per heavy atom. The fraction of sp³-hybridized carbons (Fsp3) is 0.125. The normalized spacial score (nSPS) is 10.7. The molecule has 1 aromatic heterocycles. The highest BCUT2D eigenvalue weighted by Gasteiger charge is 2.17. The summed E-state index contributed by atoms with van der Waals surface area (Å²) in [6.45, 7) is 2.13. The number of amides is 2. The third kappa shape index (κ3) is 6.17. The maximum atomic E-state index is 12.4. The molecule has 0 unspecified atom stereocenters. The van der Waals surface area contributed by atoms with E-state index in [2.05, 4.69) is 26.9 Å². The lowest BCUT2D eigenvalue weighted by Gasteiger charge is -2.12. The zero-order valence-electron chi connectivity index (χ0n) is 18.6. The maximum Gasteiger partial charge on any atom is 0.319 e. The van der Waals surface area contributed by atoms with Crippen molar-refractivity contribution in [1.82, 2.24) is 20.1 Å². The Bertz CT molecular complexity index is 1360. The van der Waals surface area contributed by atoms with E-state index in [1.807, 2.05) is 25.1 Å². The van der Waals surface area contributed by atoms with Crippen LogP contribution in [-0.4, -0.2) is 25.7 Å². The van der Waals surface area contributed by atoms with Gasteiger partial charge in [-0.25, -0.2) is 4.79 Å². The van der Waals surface area contributed by atoms with E-state index in [0.717, 1.165) is 5.56 Å². The van der Waals surface area contributed by atoms with Crippen LogP contribution in [0.1, 0.15) is 17.0 Å². The van der Waals surface area contributed by atoms with Crippen LogP contribution in [0.4, 0.5) is 16.2 Å². The largest absolute Gasteiger partial charge is 0.331 e. The first kappa shape index (κ1) is 24.2. The number of nitro groups is 1. The number of halogens is 1. The number of aryl methyl sites for hydroxylation is 1. The van der Waals surface area contributed by atoms with Gasteiger partial charge >= 0.3 is 6.03 Å². The van der Waals surface area contributed by atoms with Gasteiger partial charge in [-0.2, -0.15) is 0 Å². The Labute approximate surface area is 210 Å². The van der Waals surface area contributed by atoms with E-state index < -0.39 is 11.0 Å². The van der Waals surface area contributed by atoms with Crippen LogP contribution in [0.15, 0.2) is 78.0 Å². The lowest BCUT2D eigenvalue weighted by molar-refractivity contribution is -0.384. The Morgan fingerprint density at radius 2 is 1.86 bits per heavy atom. The molecule has 0 aliphatic rings. The molecule has 0 radical (unpaired) electrons. The second-order valence-electron chi connectivity index (χ2n) is 7.54. The Morgan fingerprint density at radius 3 is 2.57 bits per heavy atom. The molecule has 4 rings (SSSR count). The van der Waals surface area contributed by atoms with Gasteiger partial charge in [-0.05, 0) is 48.4 Å². The first-order chi connectivity index (χ1) is 16.9. The molecule has 0 spiro atoms. The summed E-state index contributed by atoms with van der Waals surface area (Å²) >= 11 is 7.46. The molecule has 0 saturated carbocycles. The second kappa shape index (κ2) is 11.0. The quantitative estimate of drug-likeness (QED) is 0.178. The molecule has 2 N–H and O–H groups in total. The van der Waals surface area contributed by atoms with Gasteiger partial charge in [0.1, 0.15) is 0 Å². The predicted octanol–water partition coefficient (Wildman–Crippen LogP) is 5.75. The number of nitrogens with one attached hydrogen (secondary N) is 2. The smallest absolute Gasteiger partial charge is 0.319 e. The van der Waals surface area contributed by atoms with Crippen molar-refractivity contribution in [1.29, 1.82) is 0 Å². The van der Waals surface area contributed by atoms with Gasteiger partial charge in [0.05, 0.1) is 11.5 Å². The summed E-state index contributed by atoms with van der Waals surface area (Å²) in [4.78, 5) is 23.0. The minimum atomic E-state index is -0.452. The van der Waals surface area contributed by atoms with E-state index in [4.69, 9.17) is 11.6 Å². The molecule has 0 fully saturated rings. The lowest BCUT2D eigenvalue weighted by Crippen LogP contribution is -2.29. The fourth-order valence-corrected chi connectivity index (χ4v) is 4.54. The molecule has 9 nitrogen and oxygen atoms in total. The molecule has 0 bridgehead atoms. The number of non-ortho nitro benzene ring substituents is 1. The van der Waals surface area contributed by atoms with Crippen LogP contribution < -0.4 is 10.6 Å². The third-order valence-corrected chi connectivity index (χ3v) is 6.34. The van der Waals surface area contributed by atoms with Gasteiger partial charge in [-0.15, -0.1) is 10.2 Å². The van der Waals surface area contributed by atoms with Crippen LogP contribution >= 0.6 is 23.4 Å². The molecule has 4 aromatic rings. The zero-order valence-corrected chi connectivity index (χ0v) is 20.2. The van der Waals surface area contributed by atoms with E-state index >= 15 is 0 Å². The highest BCUT2D eigenvalue weighted by Crippen LogP contribution is 2.27. The van der Waals surface area contributed by atoms with Crippen LogP contribution in [0.5, 0.6) is 0 Å². The minimum Gasteiger partial charge on any atom is -0.331 e. The topological polar surface area (TPSA) is 115 Å². The van der Waals surface area contributed by atoms with Crippen molar-refractivity contribution in [3.63, 3.8) is 0 Å². The number of rotatable bonds is 8. The van der Waals surface area contributed by atoms with Crippen molar-refractivity contribution >= 4 is 40.8 Å². The van der Waals surface area contributed by atoms with Gasteiger partial charge in [0.25, 0.3) is 5.69 Å². The van der Waals surface area contributed by atoms with E-state index in [-0.39, 0.29) is 12.2 Å². The zero-order chi connectivity index (χ0) is 24.8. The SMILES string of the molecule is Cc1ccccc1CSc1nnc(CNC(=O)Nc2cccc(Cl)c2)n1-c1ccc([N+](=O)[O-])cc1. The van der Waals surface area contributed by atoms with Crippen molar-refractivity contribution < 1.29 is 9.72 Å². The first-order valence-electron chi connectivity index (χ1n) is 10.6. The molecule has 0 aliphatic heterocycles. The summed E-state index contributed by atoms with van der Waals surface area (Å²) in [5.74, 6) is 1.15. The third-order valence-electron chi connectivity index (χ3n) is 5.13. The molecule has 0 saturated heterocycles. The Kier molecular flexibility index (Phi) is 7.64. The fourth-order valence-electron chi connectivity index (χ4n) is 3.31. The number of hydrogen-bond donors (Lipinski definition) is 2. The van der Waals surface area contributed by atoms with Gasteiger partial charge in [-0.1, -0.05) is 53.7 Å². The van der Waals surface area contributed by atoms with Gasteiger partial charge in [0.15, 0.2) is 11.0 Å². The number of carbonyl (C=O) groups excluding carboxylic acids is 1. The lowest BCUT2D eigenvalue weighted by atomic mass is 10.1. The summed E-state index contributed by atoms with van der Waals surface area (Å²) in [6, 6.07) is 20.6. The van der Waals surface area contributed by atoms with E-state index in [1.54, 1.807) is 41.0 Å². The van der Waals surface area contributed by atoms with Crippen molar-refractivity contribution in [2.75, 3.05) is 5.32 Å². The van der Waals surface area contributed by atoms with Gasteiger partial charge in [0, 0.05) is 34.3 Å². The van der Waals surface area contributed by atoms with Crippen LogP contribution in [-0.2, 0) is 12.3 Å². The summed E-state index contributed by atoms with van der Waals surface area (Å²) in [5, 5.41) is 26.3. The number of thioether (sulfide) groups is 1. The number of nitro benzene ring substituents is 1. The number of carbonyl (C=O) groups is 1. The van der Waals surface area contributed by atoms with E-state index in [1.165, 1.54) is 29.5 Å². The Hall–Kier alpha value is -3.89. The van der Waals surface area contributed by atoms with Gasteiger partial charge < -0.3 is 10.6 Å². The van der Waals surface area contributed by atoms with Crippen molar-refractivity contribution in [2.24, 2.45) is 0 Å². The predicted molar refractivity (Wildman–Crippen MR) is 136 cm³/mol. The second-order valence-corrected chi connectivity index (χ2v) is 8.92. The van der Waals surface area contributed by atoms with E-state index in [0.29, 0.717) is 33.1 Å². The molecular weight excluding hydrogens is 488 g/mol. The molecule has 178 valence electrons. The standard InChI is InChI=1S/C24H21ClN6O3S/c1-16-5-2-3-6-17(16)15-35-24-29-28-22(30(24)20-9-11-21(12-10-20)31(33)34)14-26-23(32)27-19-8-4-7-18(25)13-19/h2-13H,14-15H2,1H3,(H2,26,27,32). The van der Waals surface area contributed by atoms with Crippen LogP contribution in [0.3, 0.4) is 0 Å². The molecule has 35 heavy (non-hydrogen) atoms. The molecule has 11 heteroatoms. The summed E-state index contributed by atoms with van der Waals surface area (Å²) in [5.41, 5.74) is 3.52. The van der Waals surface area contributed by atoms with Crippen LogP contribution in [0, 0.1) is 17.0 Å². The highest BCUT2D eigenvalue weighted by atomic mass is 35.5. The molecule has 0 aliphatic carbocycles. The number of nitrogens with zero attached hydrogens (tertiary/aromatic N) is 4. The summed E-state index contributed by atoms with van der Waals surface area (Å²) < 4.78 is 1.78. The monoisotopic (exact) mass is 508 g/mol. The summed E-state index contributed by atoms with van der Waals surface area (Å²) in [7, 11) is 0. The maximum absolute atomic E-state index is 12.4. The molecule has 3 aromatic carbocycles. The van der Waals surface area contributed by atoms with Crippen LogP contribution in [0.2, 0.25) is 5.02 Å². The van der Waals surface area contributed by atoms with Crippen LogP contribution in [0.25, 0.3) is 5.69 Å². The highest BCUT2D eigenvalue weighted by molar-refractivity contribution is 7.98. The molecular formula is C24H21ClN6O3S. The first-order valence-corrected chi connectivity index (χ1v) is 11.9. The Balaban J connectivity index is 1.55. The van der Waals surface area contributed by atoms with Crippen molar-refractivity contribution in [2.45, 2.75) is 24.4 Å². The van der Waals surface area contributed by atoms with Crippen molar-refractivity contribution in [3.05, 3.63) is 105 Å². The number of aromatic nitrogens is 3.